The summed E-state index contributed by atoms with van der Waals surface area (Å²) in [6, 6.07) is 9.15. The first-order valence-electron chi connectivity index (χ1n) is 7.94. The molecule has 0 radical (unpaired) electrons. The maximum absolute atomic E-state index is 12.6. The van der Waals surface area contributed by atoms with Gasteiger partial charge in [0.15, 0.2) is 11.7 Å². The summed E-state index contributed by atoms with van der Waals surface area (Å²) in [4.78, 5) is 29.8. The van der Waals surface area contributed by atoms with E-state index in [9.17, 15) is 14.9 Å². The Kier molecular flexibility index (Phi) is 5.26. The molecule has 25 heavy (non-hydrogen) atoms. The number of pyridine rings is 1. The standard InChI is InChI=1S/C18H16ClN3O2S/c1-10(17(23)14(9-20)18(24)22-12-3-4-12)25-16-6-7-21-15-8-11(19)2-5-13(15)16/h2,5-8,10,12,14H,3-4H2,1H3,(H,22,24)/t10-,14-/m0/s1. The number of carbonyl (C=O) groups is 2. The molecule has 0 bridgehead atoms. The summed E-state index contributed by atoms with van der Waals surface area (Å²) in [5.41, 5.74) is 0.737. The van der Waals surface area contributed by atoms with E-state index in [1.54, 1.807) is 25.3 Å². The number of nitrogens with zero attached hydrogens (tertiary/aromatic N) is 2. The summed E-state index contributed by atoms with van der Waals surface area (Å²) in [5, 5.41) is 12.9. The highest BCUT2D eigenvalue weighted by Gasteiger charge is 2.34. The van der Waals surface area contributed by atoms with E-state index in [2.05, 4.69) is 10.3 Å². The Labute approximate surface area is 154 Å². The molecule has 128 valence electrons. The molecule has 0 aliphatic heterocycles. The Morgan fingerprint density at radius 2 is 2.16 bits per heavy atom. The Morgan fingerprint density at radius 3 is 2.84 bits per heavy atom. The Balaban J connectivity index is 1.76. The molecule has 7 heteroatoms. The molecule has 0 saturated heterocycles. The van der Waals surface area contributed by atoms with Crippen molar-refractivity contribution in [2.24, 2.45) is 5.92 Å². The number of thioether (sulfide) groups is 1. The summed E-state index contributed by atoms with van der Waals surface area (Å²) >= 11 is 7.31. The van der Waals surface area contributed by atoms with Crippen LogP contribution < -0.4 is 5.32 Å². The molecule has 5 nitrogen and oxygen atoms in total. The predicted octanol–water partition coefficient (Wildman–Crippen LogP) is 3.36. The maximum atomic E-state index is 12.6. The number of amides is 1. The molecule has 0 unspecified atom stereocenters. The number of fused-ring (bicyclic) bond motifs is 1. The lowest BCUT2D eigenvalue weighted by Gasteiger charge is -2.15. The van der Waals surface area contributed by atoms with E-state index in [0.717, 1.165) is 28.6 Å². The number of ketones is 1. The number of aromatic nitrogens is 1. The van der Waals surface area contributed by atoms with Crippen LogP contribution in [0.5, 0.6) is 0 Å². The van der Waals surface area contributed by atoms with Gasteiger partial charge < -0.3 is 5.32 Å². The highest BCUT2D eigenvalue weighted by molar-refractivity contribution is 8.00. The van der Waals surface area contributed by atoms with Crippen LogP contribution in [0.15, 0.2) is 35.4 Å². The summed E-state index contributed by atoms with van der Waals surface area (Å²) in [6.07, 6.45) is 3.47. The van der Waals surface area contributed by atoms with Gasteiger partial charge in [0.25, 0.3) is 0 Å². The summed E-state index contributed by atoms with van der Waals surface area (Å²) in [5.74, 6) is -2.15. The van der Waals surface area contributed by atoms with Gasteiger partial charge in [0.05, 0.1) is 16.8 Å². The molecule has 1 saturated carbocycles. The van der Waals surface area contributed by atoms with E-state index in [4.69, 9.17) is 11.6 Å². The van der Waals surface area contributed by atoms with Crippen LogP contribution >= 0.6 is 23.4 Å². The van der Waals surface area contributed by atoms with Gasteiger partial charge in [-0.1, -0.05) is 17.7 Å². The molecule has 1 aromatic carbocycles. The number of hydrogen-bond acceptors (Lipinski definition) is 5. The summed E-state index contributed by atoms with van der Waals surface area (Å²) in [7, 11) is 0. The molecule has 1 aliphatic rings. The Hall–Kier alpha value is -2.10. The third-order valence-corrected chi connectivity index (χ3v) is 5.40. The molecular formula is C18H16ClN3O2S. The van der Waals surface area contributed by atoms with E-state index in [-0.39, 0.29) is 11.8 Å². The fourth-order valence-corrected chi connectivity index (χ4v) is 3.68. The van der Waals surface area contributed by atoms with Crippen LogP contribution in [-0.2, 0) is 9.59 Å². The van der Waals surface area contributed by atoms with Crippen molar-refractivity contribution in [2.75, 3.05) is 0 Å². The number of carbonyl (C=O) groups excluding carboxylic acids is 2. The van der Waals surface area contributed by atoms with Crippen LogP contribution in [0.1, 0.15) is 19.8 Å². The van der Waals surface area contributed by atoms with Gasteiger partial charge >= 0.3 is 0 Å². The first-order valence-corrected chi connectivity index (χ1v) is 9.20. The quantitative estimate of drug-likeness (QED) is 0.620. The number of hydrogen-bond donors (Lipinski definition) is 1. The van der Waals surface area contributed by atoms with Crippen molar-refractivity contribution in [3.8, 4) is 6.07 Å². The summed E-state index contributed by atoms with van der Waals surface area (Å²) in [6.45, 7) is 1.71. The fraction of sp³-hybridized carbons (Fsp3) is 0.333. The second kappa shape index (κ2) is 7.42. The minimum absolute atomic E-state index is 0.119. The van der Waals surface area contributed by atoms with Gasteiger partial charge in [0.1, 0.15) is 0 Å². The lowest BCUT2D eigenvalue weighted by atomic mass is 10.0. The van der Waals surface area contributed by atoms with Gasteiger partial charge in [-0.05, 0) is 38.0 Å². The van der Waals surface area contributed by atoms with Crippen LogP contribution in [0.2, 0.25) is 5.02 Å². The predicted molar refractivity (Wildman–Crippen MR) is 97.3 cm³/mol. The van der Waals surface area contributed by atoms with Crippen molar-refractivity contribution in [2.45, 2.75) is 36.0 Å². The van der Waals surface area contributed by atoms with Gasteiger partial charge in [0, 0.05) is 27.5 Å². The summed E-state index contributed by atoms with van der Waals surface area (Å²) < 4.78 is 0. The van der Waals surface area contributed by atoms with Crippen molar-refractivity contribution in [1.29, 1.82) is 5.26 Å². The monoisotopic (exact) mass is 373 g/mol. The van der Waals surface area contributed by atoms with Crippen LogP contribution in [0.25, 0.3) is 10.9 Å². The van der Waals surface area contributed by atoms with E-state index in [1.165, 1.54) is 11.8 Å². The molecule has 1 heterocycles. The number of rotatable bonds is 6. The SMILES string of the molecule is C[C@H](Sc1ccnc2cc(Cl)ccc12)C(=O)[C@H](C#N)C(=O)NC1CC1. The lowest BCUT2D eigenvalue weighted by Crippen LogP contribution is -2.38. The first kappa shape index (κ1) is 17.7. The zero-order valence-electron chi connectivity index (χ0n) is 13.5. The van der Waals surface area contributed by atoms with Crippen LogP contribution in [0.4, 0.5) is 0 Å². The highest BCUT2D eigenvalue weighted by Crippen LogP contribution is 2.32. The van der Waals surface area contributed by atoms with Crippen LogP contribution in [-0.4, -0.2) is 28.0 Å². The topological polar surface area (TPSA) is 82.8 Å². The van der Waals surface area contributed by atoms with E-state index in [0.29, 0.717) is 5.02 Å². The second-order valence-electron chi connectivity index (χ2n) is 5.98. The Morgan fingerprint density at radius 1 is 1.40 bits per heavy atom. The van der Waals surface area contributed by atoms with Crippen molar-refractivity contribution in [3.63, 3.8) is 0 Å². The molecular weight excluding hydrogens is 358 g/mol. The van der Waals surface area contributed by atoms with Crippen molar-refractivity contribution in [1.82, 2.24) is 10.3 Å². The number of halogens is 1. The number of Topliss-reactive ketones (excluding diaryl/α,β-unsaturated/α-hetero) is 1. The van der Waals surface area contributed by atoms with Crippen molar-refractivity contribution in [3.05, 3.63) is 35.5 Å². The van der Waals surface area contributed by atoms with Crippen molar-refractivity contribution >= 4 is 46.0 Å². The molecule has 0 spiro atoms. The molecule has 1 aliphatic carbocycles. The maximum Gasteiger partial charge on any atom is 0.245 e. The largest absolute Gasteiger partial charge is 0.352 e. The van der Waals surface area contributed by atoms with Gasteiger partial charge in [0.2, 0.25) is 5.91 Å². The molecule has 2 atom stereocenters. The van der Waals surface area contributed by atoms with Crippen LogP contribution in [0.3, 0.4) is 0 Å². The van der Waals surface area contributed by atoms with Gasteiger partial charge in [-0.15, -0.1) is 11.8 Å². The second-order valence-corrected chi connectivity index (χ2v) is 7.80. The molecule has 1 fully saturated rings. The Bertz CT molecular complexity index is 876. The van der Waals surface area contributed by atoms with E-state index in [1.807, 2.05) is 18.2 Å². The molecule has 1 amide bonds. The van der Waals surface area contributed by atoms with Gasteiger partial charge in [-0.2, -0.15) is 5.26 Å². The van der Waals surface area contributed by atoms with Gasteiger partial charge in [-0.3, -0.25) is 14.6 Å². The highest BCUT2D eigenvalue weighted by atomic mass is 35.5. The third-order valence-electron chi connectivity index (χ3n) is 3.97. The first-order chi connectivity index (χ1) is 12.0. The fourth-order valence-electron chi connectivity index (χ4n) is 2.44. The minimum atomic E-state index is -1.27. The van der Waals surface area contributed by atoms with Gasteiger partial charge in [-0.25, -0.2) is 0 Å². The molecule has 2 aromatic rings. The average Bonchev–Trinajstić information content (AvgIpc) is 3.39. The number of benzene rings is 1. The lowest BCUT2D eigenvalue weighted by molar-refractivity contribution is -0.131. The van der Waals surface area contributed by atoms with Crippen molar-refractivity contribution < 1.29 is 9.59 Å². The zero-order chi connectivity index (χ0) is 18.0. The van der Waals surface area contributed by atoms with Crippen LogP contribution in [0, 0.1) is 17.2 Å². The third kappa shape index (κ3) is 4.12. The van der Waals surface area contributed by atoms with E-state index < -0.39 is 17.1 Å². The van der Waals surface area contributed by atoms with E-state index >= 15 is 0 Å². The molecule has 1 aromatic heterocycles. The molecule has 3 rings (SSSR count). The normalized spacial score (nSPS) is 16.0. The zero-order valence-corrected chi connectivity index (χ0v) is 15.1. The average molecular weight is 374 g/mol. The smallest absolute Gasteiger partial charge is 0.245 e. The number of nitrogens with one attached hydrogen (secondary N) is 1. The number of nitriles is 1. The minimum Gasteiger partial charge on any atom is -0.352 e. The molecule has 1 N–H and O–H groups in total.